The maximum atomic E-state index is 13.3. The lowest BCUT2D eigenvalue weighted by Gasteiger charge is -2.20. The van der Waals surface area contributed by atoms with E-state index in [9.17, 15) is 13.2 Å². The van der Waals surface area contributed by atoms with Crippen molar-refractivity contribution in [1.82, 2.24) is 4.98 Å². The van der Waals surface area contributed by atoms with Gasteiger partial charge in [-0.2, -0.15) is 0 Å². The van der Waals surface area contributed by atoms with Crippen molar-refractivity contribution in [3.63, 3.8) is 0 Å². The third-order valence-electron chi connectivity index (χ3n) is 5.16. The Morgan fingerprint density at radius 2 is 1.70 bits per heavy atom. The molecule has 0 aliphatic carbocycles. The Bertz CT molecular complexity index is 1360. The van der Waals surface area contributed by atoms with E-state index in [1.54, 1.807) is 0 Å². The molecular formula is C24H20Cl2N2O3S2. The first kappa shape index (κ1) is 23.7. The minimum Gasteiger partial charge on any atom is -0.284 e. The number of carbonyl (C=O) groups is 1. The van der Waals surface area contributed by atoms with Crippen molar-refractivity contribution in [2.75, 3.05) is 10.7 Å². The van der Waals surface area contributed by atoms with Crippen LogP contribution in [-0.4, -0.2) is 25.1 Å². The number of benzene rings is 3. The number of anilines is 1. The Balaban J connectivity index is 1.63. The second-order valence-electron chi connectivity index (χ2n) is 7.53. The van der Waals surface area contributed by atoms with E-state index in [0.29, 0.717) is 15.2 Å². The second kappa shape index (κ2) is 9.81. The number of hydrogen-bond acceptors (Lipinski definition) is 5. The lowest BCUT2D eigenvalue weighted by atomic mass is 10.2. The zero-order valence-electron chi connectivity index (χ0n) is 17.7. The van der Waals surface area contributed by atoms with Gasteiger partial charge in [0.15, 0.2) is 15.0 Å². The van der Waals surface area contributed by atoms with Crippen molar-refractivity contribution in [3.8, 4) is 0 Å². The molecular weight excluding hydrogens is 499 g/mol. The predicted octanol–water partition coefficient (Wildman–Crippen LogP) is 6.31. The molecule has 1 heterocycles. The van der Waals surface area contributed by atoms with Crippen molar-refractivity contribution < 1.29 is 13.2 Å². The van der Waals surface area contributed by atoms with Gasteiger partial charge in [0, 0.05) is 11.4 Å². The van der Waals surface area contributed by atoms with Crippen molar-refractivity contribution in [2.24, 2.45) is 0 Å². The molecule has 0 atom stereocenters. The minimum atomic E-state index is -3.64. The number of thiazole rings is 1. The van der Waals surface area contributed by atoms with Gasteiger partial charge < -0.3 is 0 Å². The molecule has 0 spiro atoms. The molecule has 1 aromatic heterocycles. The Hall–Kier alpha value is -2.45. The van der Waals surface area contributed by atoms with E-state index in [-0.39, 0.29) is 29.5 Å². The normalized spacial score (nSPS) is 11.6. The number of hydrogen-bond donors (Lipinski definition) is 0. The minimum absolute atomic E-state index is 0.136. The molecule has 0 aliphatic rings. The molecule has 0 saturated heterocycles. The molecule has 9 heteroatoms. The SMILES string of the molecule is Cc1ccc(Cl)c2sc(N(Cc3ccccc3)C(=O)CCS(=O)(=O)c3ccc(Cl)cc3)nc12. The number of nitrogens with zero attached hydrogens (tertiary/aromatic N) is 2. The standard InChI is InChI=1S/C24H20Cl2N2O3S2/c1-16-7-12-20(26)23-22(16)27-24(32-23)28(15-17-5-3-2-4-6-17)21(29)13-14-33(30,31)19-10-8-18(25)9-11-19/h2-12H,13-15H2,1H3. The summed E-state index contributed by atoms with van der Waals surface area (Å²) < 4.78 is 26.3. The van der Waals surface area contributed by atoms with Gasteiger partial charge >= 0.3 is 0 Å². The molecule has 0 aliphatic heterocycles. The Labute approximate surface area is 206 Å². The van der Waals surface area contributed by atoms with Crippen LogP contribution in [0, 0.1) is 6.92 Å². The molecule has 0 saturated carbocycles. The Morgan fingerprint density at radius 3 is 2.36 bits per heavy atom. The van der Waals surface area contributed by atoms with Gasteiger partial charge in [0.1, 0.15) is 0 Å². The molecule has 5 nitrogen and oxygen atoms in total. The Kier molecular flexibility index (Phi) is 7.05. The van der Waals surface area contributed by atoms with E-state index in [0.717, 1.165) is 21.3 Å². The smallest absolute Gasteiger partial charge is 0.230 e. The van der Waals surface area contributed by atoms with Gasteiger partial charge in [-0.1, -0.05) is 70.9 Å². The van der Waals surface area contributed by atoms with Crippen LogP contribution in [0.3, 0.4) is 0 Å². The number of sulfone groups is 1. The summed E-state index contributed by atoms with van der Waals surface area (Å²) >= 11 is 13.5. The molecule has 4 aromatic rings. The number of rotatable bonds is 7. The zero-order chi connectivity index (χ0) is 23.6. The molecule has 33 heavy (non-hydrogen) atoms. The number of carbonyl (C=O) groups excluding carboxylic acids is 1. The molecule has 3 aromatic carbocycles. The highest BCUT2D eigenvalue weighted by Gasteiger charge is 2.24. The number of aromatic nitrogens is 1. The van der Waals surface area contributed by atoms with Gasteiger partial charge in [0.25, 0.3) is 0 Å². The van der Waals surface area contributed by atoms with Crippen LogP contribution in [0.5, 0.6) is 0 Å². The lowest BCUT2D eigenvalue weighted by molar-refractivity contribution is -0.118. The largest absolute Gasteiger partial charge is 0.284 e. The average molecular weight is 519 g/mol. The van der Waals surface area contributed by atoms with Crippen molar-refractivity contribution >= 4 is 65.6 Å². The van der Waals surface area contributed by atoms with Crippen LogP contribution >= 0.6 is 34.5 Å². The number of halogens is 2. The fraction of sp³-hybridized carbons (Fsp3) is 0.167. The molecule has 0 unspecified atom stereocenters. The third kappa shape index (κ3) is 5.38. The third-order valence-corrected chi connectivity index (χ3v) is 8.68. The first-order valence-corrected chi connectivity index (χ1v) is 13.4. The zero-order valence-corrected chi connectivity index (χ0v) is 20.8. The highest BCUT2D eigenvalue weighted by molar-refractivity contribution is 7.91. The van der Waals surface area contributed by atoms with Crippen LogP contribution in [-0.2, 0) is 21.2 Å². The van der Waals surface area contributed by atoms with E-state index in [2.05, 4.69) is 4.98 Å². The molecule has 0 fully saturated rings. The highest BCUT2D eigenvalue weighted by atomic mass is 35.5. The van der Waals surface area contributed by atoms with Gasteiger partial charge in [-0.3, -0.25) is 9.69 Å². The van der Waals surface area contributed by atoms with Crippen LogP contribution in [0.1, 0.15) is 17.5 Å². The van der Waals surface area contributed by atoms with Gasteiger partial charge in [0.2, 0.25) is 5.91 Å². The van der Waals surface area contributed by atoms with Gasteiger partial charge in [-0.25, -0.2) is 13.4 Å². The average Bonchev–Trinajstić information content (AvgIpc) is 3.26. The van der Waals surface area contributed by atoms with E-state index in [4.69, 9.17) is 23.2 Å². The van der Waals surface area contributed by atoms with Gasteiger partial charge in [0.05, 0.1) is 32.4 Å². The van der Waals surface area contributed by atoms with Gasteiger partial charge in [-0.05, 0) is 48.4 Å². The fourth-order valence-corrected chi connectivity index (χ4v) is 6.04. The fourth-order valence-electron chi connectivity index (χ4n) is 3.35. The first-order valence-electron chi connectivity index (χ1n) is 10.1. The quantitative estimate of drug-likeness (QED) is 0.287. The summed E-state index contributed by atoms with van der Waals surface area (Å²) in [7, 11) is -3.64. The highest BCUT2D eigenvalue weighted by Crippen LogP contribution is 2.36. The number of fused-ring (bicyclic) bond motifs is 1. The number of aryl methyl sites for hydroxylation is 1. The summed E-state index contributed by atoms with van der Waals surface area (Å²) in [5.41, 5.74) is 2.60. The van der Waals surface area contributed by atoms with E-state index >= 15 is 0 Å². The van der Waals surface area contributed by atoms with Crippen LogP contribution in [0.2, 0.25) is 10.0 Å². The van der Waals surface area contributed by atoms with Crippen LogP contribution < -0.4 is 4.90 Å². The summed E-state index contributed by atoms with van der Waals surface area (Å²) in [6.45, 7) is 2.21. The summed E-state index contributed by atoms with van der Waals surface area (Å²) in [6, 6.07) is 19.1. The molecule has 170 valence electrons. The molecule has 0 radical (unpaired) electrons. The second-order valence-corrected chi connectivity index (χ2v) is 11.5. The monoisotopic (exact) mass is 518 g/mol. The van der Waals surface area contributed by atoms with Crippen LogP contribution in [0.4, 0.5) is 5.13 Å². The van der Waals surface area contributed by atoms with Crippen molar-refractivity contribution in [2.45, 2.75) is 24.8 Å². The van der Waals surface area contributed by atoms with Crippen LogP contribution in [0.15, 0.2) is 71.6 Å². The topological polar surface area (TPSA) is 67.3 Å². The summed E-state index contributed by atoms with van der Waals surface area (Å²) in [6.07, 6.45) is -0.180. The maximum Gasteiger partial charge on any atom is 0.230 e. The molecule has 0 N–H and O–H groups in total. The maximum absolute atomic E-state index is 13.3. The van der Waals surface area contributed by atoms with Crippen molar-refractivity contribution in [3.05, 3.63) is 87.9 Å². The molecule has 1 amide bonds. The van der Waals surface area contributed by atoms with Crippen molar-refractivity contribution in [1.29, 1.82) is 0 Å². The first-order chi connectivity index (χ1) is 15.7. The van der Waals surface area contributed by atoms with E-state index in [1.165, 1.54) is 40.5 Å². The number of amides is 1. The predicted molar refractivity (Wildman–Crippen MR) is 135 cm³/mol. The lowest BCUT2D eigenvalue weighted by Crippen LogP contribution is -2.31. The summed E-state index contributed by atoms with van der Waals surface area (Å²) in [5.74, 6) is -0.645. The molecule has 0 bridgehead atoms. The van der Waals surface area contributed by atoms with E-state index < -0.39 is 9.84 Å². The molecule has 4 rings (SSSR count). The summed E-state index contributed by atoms with van der Waals surface area (Å²) in [5, 5.41) is 1.50. The Morgan fingerprint density at radius 1 is 1.00 bits per heavy atom. The van der Waals surface area contributed by atoms with E-state index in [1.807, 2.05) is 49.4 Å². The summed E-state index contributed by atoms with van der Waals surface area (Å²) in [4.78, 5) is 19.6. The van der Waals surface area contributed by atoms with Gasteiger partial charge in [-0.15, -0.1) is 0 Å². The van der Waals surface area contributed by atoms with Crippen LogP contribution in [0.25, 0.3) is 10.2 Å².